The van der Waals surface area contributed by atoms with Gasteiger partial charge in [0.1, 0.15) is 0 Å². The summed E-state index contributed by atoms with van der Waals surface area (Å²) in [7, 11) is -1.88. The van der Waals surface area contributed by atoms with E-state index in [4.69, 9.17) is 0 Å². The first-order valence-electron chi connectivity index (χ1n) is 5.77. The van der Waals surface area contributed by atoms with Crippen LogP contribution in [-0.4, -0.2) is 54.4 Å². The zero-order valence-electron chi connectivity index (χ0n) is 10.3. The van der Waals surface area contributed by atoms with Gasteiger partial charge in [-0.05, 0) is 26.7 Å². The van der Waals surface area contributed by atoms with E-state index in [-0.39, 0.29) is 12.6 Å². The highest BCUT2D eigenvalue weighted by atomic mass is 32.2. The Morgan fingerprint density at radius 3 is 2.62 bits per heavy atom. The molecule has 0 aromatic carbocycles. The predicted molar refractivity (Wildman–Crippen MR) is 63.2 cm³/mol. The highest BCUT2D eigenvalue weighted by molar-refractivity contribution is 7.86. The molecule has 0 spiro atoms. The summed E-state index contributed by atoms with van der Waals surface area (Å²) >= 11 is 0. The minimum atomic E-state index is -3.40. The number of piperidine rings is 1. The van der Waals surface area contributed by atoms with Crippen molar-refractivity contribution < 1.29 is 13.5 Å². The summed E-state index contributed by atoms with van der Waals surface area (Å²) in [5.74, 6) is 0. The van der Waals surface area contributed by atoms with Crippen molar-refractivity contribution in [1.82, 2.24) is 8.61 Å². The van der Waals surface area contributed by atoms with E-state index in [2.05, 4.69) is 0 Å². The van der Waals surface area contributed by atoms with Gasteiger partial charge in [-0.2, -0.15) is 17.0 Å². The van der Waals surface area contributed by atoms with Crippen LogP contribution in [0.3, 0.4) is 0 Å². The third-order valence-corrected chi connectivity index (χ3v) is 5.03. The molecule has 96 valence electrons. The number of nitrogens with zero attached hydrogens (tertiary/aromatic N) is 2. The summed E-state index contributed by atoms with van der Waals surface area (Å²) in [5.41, 5.74) is 0. The van der Waals surface area contributed by atoms with Crippen LogP contribution in [0.15, 0.2) is 0 Å². The molecule has 1 aliphatic heterocycles. The average molecular weight is 250 g/mol. The van der Waals surface area contributed by atoms with Gasteiger partial charge < -0.3 is 5.11 Å². The van der Waals surface area contributed by atoms with Gasteiger partial charge >= 0.3 is 0 Å². The van der Waals surface area contributed by atoms with Gasteiger partial charge in [0.2, 0.25) is 0 Å². The Kier molecular flexibility index (Phi) is 4.73. The van der Waals surface area contributed by atoms with Crippen LogP contribution in [0.1, 0.15) is 33.1 Å². The van der Waals surface area contributed by atoms with Crippen LogP contribution in [0.4, 0.5) is 0 Å². The summed E-state index contributed by atoms with van der Waals surface area (Å²) in [6, 6.07) is 0.0650. The molecule has 0 aliphatic carbocycles. The third-order valence-electron chi connectivity index (χ3n) is 2.95. The lowest BCUT2D eigenvalue weighted by molar-refractivity contribution is 0.163. The van der Waals surface area contributed by atoms with Crippen molar-refractivity contribution in [3.63, 3.8) is 0 Å². The lowest BCUT2D eigenvalue weighted by Gasteiger charge is -2.35. The smallest absolute Gasteiger partial charge is 0.282 e. The number of aliphatic hydroxyl groups is 1. The lowest BCUT2D eigenvalue weighted by atomic mass is 10.1. The molecule has 0 amide bonds. The maximum absolute atomic E-state index is 12.2. The van der Waals surface area contributed by atoms with Crippen LogP contribution in [0.5, 0.6) is 0 Å². The molecule has 6 heteroatoms. The molecule has 1 heterocycles. The summed E-state index contributed by atoms with van der Waals surface area (Å²) < 4.78 is 27.1. The standard InChI is InChI=1S/C10H22N2O3S/c1-9-6-4-5-7-12(9)16(14,15)11(3)8-10(2)13/h9-10,13H,4-8H2,1-3H3. The zero-order chi connectivity index (χ0) is 12.3. The van der Waals surface area contributed by atoms with Gasteiger partial charge in [0.25, 0.3) is 10.2 Å². The fraction of sp³-hybridized carbons (Fsp3) is 1.00. The van der Waals surface area contributed by atoms with Crippen LogP contribution in [0.25, 0.3) is 0 Å². The van der Waals surface area contributed by atoms with Crippen molar-refractivity contribution in [2.75, 3.05) is 20.1 Å². The number of hydrogen-bond donors (Lipinski definition) is 1. The monoisotopic (exact) mass is 250 g/mol. The number of rotatable bonds is 4. The maximum atomic E-state index is 12.2. The SMILES string of the molecule is CC(O)CN(C)S(=O)(=O)N1CCCCC1C. The molecule has 0 aromatic heterocycles. The molecule has 1 rings (SSSR count). The average Bonchev–Trinajstić information content (AvgIpc) is 2.16. The molecular weight excluding hydrogens is 228 g/mol. The molecule has 0 bridgehead atoms. The summed E-state index contributed by atoms with van der Waals surface area (Å²) in [6.45, 7) is 4.26. The van der Waals surface area contributed by atoms with Crippen LogP contribution in [-0.2, 0) is 10.2 Å². The first kappa shape index (κ1) is 13.9. The van der Waals surface area contributed by atoms with Crippen molar-refractivity contribution in [3.05, 3.63) is 0 Å². The van der Waals surface area contributed by atoms with Crippen molar-refractivity contribution in [3.8, 4) is 0 Å². The molecule has 5 nitrogen and oxygen atoms in total. The van der Waals surface area contributed by atoms with E-state index >= 15 is 0 Å². The fourth-order valence-corrected chi connectivity index (χ4v) is 3.74. The molecule has 1 aliphatic rings. The second-order valence-corrected chi connectivity index (χ2v) is 6.58. The van der Waals surface area contributed by atoms with E-state index in [0.717, 1.165) is 19.3 Å². The van der Waals surface area contributed by atoms with Crippen LogP contribution in [0, 0.1) is 0 Å². The number of likely N-dealkylation sites (N-methyl/N-ethyl adjacent to an activating group) is 1. The van der Waals surface area contributed by atoms with Gasteiger partial charge in [0.15, 0.2) is 0 Å². The quantitative estimate of drug-likeness (QED) is 0.786. The summed E-state index contributed by atoms with van der Waals surface area (Å²) in [6.07, 6.45) is 2.29. The molecule has 1 N–H and O–H groups in total. The van der Waals surface area contributed by atoms with Crippen LogP contribution >= 0.6 is 0 Å². The van der Waals surface area contributed by atoms with Crippen LogP contribution in [0.2, 0.25) is 0 Å². The van der Waals surface area contributed by atoms with Gasteiger partial charge in [-0.3, -0.25) is 0 Å². The van der Waals surface area contributed by atoms with E-state index < -0.39 is 16.3 Å². The molecule has 2 unspecified atom stereocenters. The number of aliphatic hydroxyl groups excluding tert-OH is 1. The molecule has 16 heavy (non-hydrogen) atoms. The molecular formula is C10H22N2O3S. The van der Waals surface area contributed by atoms with E-state index in [1.54, 1.807) is 11.2 Å². The van der Waals surface area contributed by atoms with E-state index in [1.807, 2.05) is 6.92 Å². The Morgan fingerprint density at radius 2 is 2.12 bits per heavy atom. The minimum Gasteiger partial charge on any atom is -0.392 e. The Labute approximate surface area is 98.2 Å². The third kappa shape index (κ3) is 3.16. The molecule has 1 fully saturated rings. The fourth-order valence-electron chi connectivity index (χ4n) is 2.06. The predicted octanol–water partition coefficient (Wildman–Crippen LogP) is 0.418. The normalized spacial score (nSPS) is 25.9. The van der Waals surface area contributed by atoms with Crippen molar-refractivity contribution in [1.29, 1.82) is 0 Å². The first-order chi connectivity index (χ1) is 7.35. The van der Waals surface area contributed by atoms with Gasteiger partial charge in [0.05, 0.1) is 6.10 Å². The Morgan fingerprint density at radius 1 is 1.50 bits per heavy atom. The number of hydrogen-bond acceptors (Lipinski definition) is 3. The second kappa shape index (κ2) is 5.44. The van der Waals surface area contributed by atoms with Crippen LogP contribution < -0.4 is 0 Å². The van der Waals surface area contributed by atoms with Gasteiger partial charge in [-0.1, -0.05) is 6.42 Å². The van der Waals surface area contributed by atoms with E-state index in [9.17, 15) is 13.5 Å². The largest absolute Gasteiger partial charge is 0.392 e. The van der Waals surface area contributed by atoms with Crippen molar-refractivity contribution in [2.45, 2.75) is 45.3 Å². The van der Waals surface area contributed by atoms with E-state index in [1.165, 1.54) is 11.4 Å². The molecule has 2 atom stereocenters. The Bertz CT molecular complexity index is 316. The van der Waals surface area contributed by atoms with Crippen molar-refractivity contribution in [2.24, 2.45) is 0 Å². The maximum Gasteiger partial charge on any atom is 0.282 e. The molecule has 1 saturated heterocycles. The first-order valence-corrected chi connectivity index (χ1v) is 7.16. The minimum absolute atomic E-state index is 0.0650. The Hall–Kier alpha value is -0.170. The lowest BCUT2D eigenvalue weighted by Crippen LogP contribution is -2.49. The van der Waals surface area contributed by atoms with Gasteiger partial charge in [-0.25, -0.2) is 0 Å². The van der Waals surface area contributed by atoms with E-state index in [0.29, 0.717) is 6.54 Å². The molecule has 0 radical (unpaired) electrons. The Balaban J connectivity index is 2.75. The summed E-state index contributed by atoms with van der Waals surface area (Å²) in [5, 5.41) is 9.23. The molecule has 0 aromatic rings. The van der Waals surface area contributed by atoms with Gasteiger partial charge in [-0.15, -0.1) is 0 Å². The zero-order valence-corrected chi connectivity index (χ0v) is 11.1. The summed E-state index contributed by atoms with van der Waals surface area (Å²) in [4.78, 5) is 0. The topological polar surface area (TPSA) is 60.9 Å². The molecule has 0 saturated carbocycles. The highest BCUT2D eigenvalue weighted by Gasteiger charge is 2.32. The van der Waals surface area contributed by atoms with Gasteiger partial charge in [0, 0.05) is 26.2 Å². The second-order valence-electron chi connectivity index (χ2n) is 4.59. The highest BCUT2D eigenvalue weighted by Crippen LogP contribution is 2.21. The van der Waals surface area contributed by atoms with Crippen molar-refractivity contribution >= 4 is 10.2 Å².